The van der Waals surface area contributed by atoms with E-state index < -0.39 is 9.84 Å². The van der Waals surface area contributed by atoms with E-state index in [-0.39, 0.29) is 6.79 Å². The molecule has 4 rings (SSSR count). The van der Waals surface area contributed by atoms with Crippen LogP contribution in [0.2, 0.25) is 5.02 Å². The molecule has 0 bridgehead atoms. The summed E-state index contributed by atoms with van der Waals surface area (Å²) >= 11 is 6.19. The van der Waals surface area contributed by atoms with Gasteiger partial charge in [-0.05, 0) is 29.5 Å². The maximum Gasteiger partial charge on any atom is 0.231 e. The summed E-state index contributed by atoms with van der Waals surface area (Å²) in [5, 5.41) is 0.571. The van der Waals surface area contributed by atoms with Crippen LogP contribution in [-0.4, -0.2) is 44.7 Å². The maximum atomic E-state index is 11.6. The van der Waals surface area contributed by atoms with Crippen LogP contribution in [0.15, 0.2) is 12.1 Å². The Hall–Kier alpha value is -0.980. The number of fused-ring (bicyclic) bond motifs is 2. The average Bonchev–Trinajstić information content (AvgIpc) is 3.01. The highest BCUT2D eigenvalue weighted by molar-refractivity contribution is 7.91. The SMILES string of the molecule is O=S1(=O)C[C@H]2CN(Cc3cc(Cl)c4c(c3)OCO4)C[C@H]2C1. The van der Waals surface area contributed by atoms with E-state index in [9.17, 15) is 8.42 Å². The van der Waals surface area contributed by atoms with E-state index in [0.29, 0.717) is 39.9 Å². The van der Waals surface area contributed by atoms with Gasteiger partial charge in [-0.1, -0.05) is 11.6 Å². The molecule has 0 unspecified atom stereocenters. The van der Waals surface area contributed by atoms with Gasteiger partial charge in [-0.2, -0.15) is 0 Å². The number of benzene rings is 1. The van der Waals surface area contributed by atoms with Gasteiger partial charge in [0, 0.05) is 19.6 Å². The predicted molar refractivity (Wildman–Crippen MR) is 78.5 cm³/mol. The molecule has 3 aliphatic heterocycles. The van der Waals surface area contributed by atoms with E-state index in [0.717, 1.165) is 25.2 Å². The molecule has 0 spiro atoms. The molecule has 1 aromatic carbocycles. The van der Waals surface area contributed by atoms with Crippen molar-refractivity contribution in [1.82, 2.24) is 4.90 Å². The first-order chi connectivity index (χ1) is 10.00. The molecule has 3 aliphatic rings. The maximum absolute atomic E-state index is 11.6. The number of likely N-dealkylation sites (tertiary alicyclic amines) is 1. The second kappa shape index (κ2) is 4.76. The fraction of sp³-hybridized carbons (Fsp3) is 0.571. The molecule has 21 heavy (non-hydrogen) atoms. The Balaban J connectivity index is 1.48. The van der Waals surface area contributed by atoms with Crippen molar-refractivity contribution in [2.75, 3.05) is 31.4 Å². The summed E-state index contributed by atoms with van der Waals surface area (Å²) in [5.41, 5.74) is 1.08. The second-order valence-electron chi connectivity index (χ2n) is 6.10. The van der Waals surface area contributed by atoms with Gasteiger partial charge in [0.1, 0.15) is 0 Å². The molecule has 7 heteroatoms. The van der Waals surface area contributed by atoms with Gasteiger partial charge in [0.2, 0.25) is 6.79 Å². The summed E-state index contributed by atoms with van der Waals surface area (Å²) in [6.07, 6.45) is 0. The van der Waals surface area contributed by atoms with Gasteiger partial charge in [0.25, 0.3) is 0 Å². The molecule has 5 nitrogen and oxygen atoms in total. The van der Waals surface area contributed by atoms with Gasteiger partial charge >= 0.3 is 0 Å². The summed E-state index contributed by atoms with van der Waals surface area (Å²) < 4.78 is 33.9. The topological polar surface area (TPSA) is 55.8 Å². The largest absolute Gasteiger partial charge is 0.454 e. The number of sulfone groups is 1. The molecule has 3 heterocycles. The highest BCUT2D eigenvalue weighted by Gasteiger charge is 2.43. The van der Waals surface area contributed by atoms with Crippen LogP contribution in [0.25, 0.3) is 0 Å². The average molecular weight is 330 g/mol. The second-order valence-corrected chi connectivity index (χ2v) is 8.66. The molecular formula is C14H16ClNO4S. The summed E-state index contributed by atoms with van der Waals surface area (Å²) in [6, 6.07) is 3.86. The van der Waals surface area contributed by atoms with E-state index in [1.807, 2.05) is 12.1 Å². The number of hydrogen-bond donors (Lipinski definition) is 0. The Morgan fingerprint density at radius 3 is 2.62 bits per heavy atom. The van der Waals surface area contributed by atoms with Crippen LogP contribution in [0.1, 0.15) is 5.56 Å². The Bertz CT molecular complexity index is 670. The minimum absolute atomic E-state index is 0.213. The molecule has 0 aliphatic carbocycles. The first-order valence-electron chi connectivity index (χ1n) is 7.01. The number of hydrogen-bond acceptors (Lipinski definition) is 5. The van der Waals surface area contributed by atoms with Crippen molar-refractivity contribution < 1.29 is 17.9 Å². The lowest BCUT2D eigenvalue weighted by Crippen LogP contribution is -2.23. The number of ether oxygens (including phenoxy) is 2. The van der Waals surface area contributed by atoms with Gasteiger partial charge in [-0.15, -0.1) is 0 Å². The molecule has 0 aromatic heterocycles. The first-order valence-corrected chi connectivity index (χ1v) is 9.21. The molecule has 0 saturated carbocycles. The third-order valence-corrected chi connectivity index (χ3v) is 6.63. The Morgan fingerprint density at radius 2 is 1.90 bits per heavy atom. The Morgan fingerprint density at radius 1 is 1.19 bits per heavy atom. The lowest BCUT2D eigenvalue weighted by molar-refractivity contribution is 0.174. The van der Waals surface area contributed by atoms with E-state index in [1.165, 1.54) is 0 Å². The molecule has 0 amide bonds. The number of rotatable bonds is 2. The van der Waals surface area contributed by atoms with Crippen LogP contribution < -0.4 is 9.47 Å². The summed E-state index contributed by atoms with van der Waals surface area (Å²) in [5.74, 6) is 2.58. The third-order valence-electron chi connectivity index (χ3n) is 4.48. The first kappa shape index (κ1) is 13.7. The van der Waals surface area contributed by atoms with E-state index in [1.54, 1.807) is 0 Å². The fourth-order valence-corrected chi connectivity index (χ4v) is 6.12. The highest BCUT2D eigenvalue weighted by atomic mass is 35.5. The predicted octanol–water partition coefficient (Wildman–Crippen LogP) is 1.55. The van der Waals surface area contributed by atoms with Crippen LogP contribution in [0.3, 0.4) is 0 Å². The quantitative estimate of drug-likeness (QED) is 0.824. The Kier molecular flexibility index (Phi) is 3.10. The zero-order valence-electron chi connectivity index (χ0n) is 11.4. The van der Waals surface area contributed by atoms with Gasteiger partial charge in [0.15, 0.2) is 21.3 Å². The molecule has 2 saturated heterocycles. The van der Waals surface area contributed by atoms with Gasteiger partial charge in [-0.3, -0.25) is 4.90 Å². The van der Waals surface area contributed by atoms with Crippen molar-refractivity contribution in [3.05, 3.63) is 22.7 Å². The molecule has 114 valence electrons. The van der Waals surface area contributed by atoms with E-state index >= 15 is 0 Å². The van der Waals surface area contributed by atoms with Crippen LogP contribution >= 0.6 is 11.6 Å². The lowest BCUT2D eigenvalue weighted by Gasteiger charge is -2.17. The number of halogens is 1. The minimum atomic E-state index is -2.80. The minimum Gasteiger partial charge on any atom is -0.454 e. The zero-order chi connectivity index (χ0) is 14.6. The van der Waals surface area contributed by atoms with Crippen molar-refractivity contribution >= 4 is 21.4 Å². The highest BCUT2D eigenvalue weighted by Crippen LogP contribution is 2.40. The fourth-order valence-electron chi connectivity index (χ4n) is 3.63. The zero-order valence-corrected chi connectivity index (χ0v) is 13.0. The van der Waals surface area contributed by atoms with Crippen molar-refractivity contribution in [1.29, 1.82) is 0 Å². The van der Waals surface area contributed by atoms with E-state index in [2.05, 4.69) is 4.90 Å². The van der Waals surface area contributed by atoms with Crippen LogP contribution in [0, 0.1) is 11.8 Å². The van der Waals surface area contributed by atoms with Gasteiger partial charge < -0.3 is 9.47 Å². The van der Waals surface area contributed by atoms with Crippen LogP contribution in [-0.2, 0) is 16.4 Å². The summed E-state index contributed by atoms with van der Waals surface area (Å²) in [6.45, 7) is 2.67. The van der Waals surface area contributed by atoms with Crippen LogP contribution in [0.4, 0.5) is 0 Å². The van der Waals surface area contributed by atoms with Crippen molar-refractivity contribution in [2.24, 2.45) is 11.8 Å². The number of nitrogens with zero attached hydrogens (tertiary/aromatic N) is 1. The van der Waals surface area contributed by atoms with Crippen molar-refractivity contribution in [2.45, 2.75) is 6.54 Å². The van der Waals surface area contributed by atoms with Gasteiger partial charge in [-0.25, -0.2) is 8.42 Å². The standard InChI is InChI=1S/C14H16ClNO4S/c15-12-1-9(2-13-14(12)20-8-19-13)3-16-4-10-6-21(17,18)7-11(10)5-16/h1-2,10-11H,3-8H2/t10-,11+. The molecule has 1 aromatic rings. The Labute approximate surface area is 128 Å². The molecule has 0 radical (unpaired) electrons. The monoisotopic (exact) mass is 329 g/mol. The molecular weight excluding hydrogens is 314 g/mol. The van der Waals surface area contributed by atoms with E-state index in [4.69, 9.17) is 21.1 Å². The van der Waals surface area contributed by atoms with Crippen LogP contribution in [0.5, 0.6) is 11.5 Å². The molecule has 2 atom stereocenters. The van der Waals surface area contributed by atoms with Crippen molar-refractivity contribution in [3.8, 4) is 11.5 Å². The third kappa shape index (κ3) is 2.49. The summed E-state index contributed by atoms with van der Waals surface area (Å²) in [4.78, 5) is 2.30. The van der Waals surface area contributed by atoms with Gasteiger partial charge in [0.05, 0.1) is 16.5 Å². The van der Waals surface area contributed by atoms with Crippen molar-refractivity contribution in [3.63, 3.8) is 0 Å². The molecule has 2 fully saturated rings. The smallest absolute Gasteiger partial charge is 0.231 e. The summed E-state index contributed by atoms with van der Waals surface area (Å²) in [7, 11) is -2.80. The molecule has 0 N–H and O–H groups in total. The lowest BCUT2D eigenvalue weighted by atomic mass is 10.0. The normalized spacial score (nSPS) is 29.8.